The molecule has 0 radical (unpaired) electrons. The highest BCUT2D eigenvalue weighted by Crippen LogP contribution is 2.20. The molecule has 0 saturated carbocycles. The summed E-state index contributed by atoms with van der Waals surface area (Å²) in [6.45, 7) is 4.31. The van der Waals surface area contributed by atoms with Crippen LogP contribution in [0.25, 0.3) is 0 Å². The van der Waals surface area contributed by atoms with Crippen LogP contribution in [0.4, 0.5) is 5.69 Å². The minimum Gasteiger partial charge on any atom is -0.377 e. The molecule has 0 aliphatic carbocycles. The van der Waals surface area contributed by atoms with Gasteiger partial charge in [-0.15, -0.1) is 0 Å². The molecule has 0 aliphatic heterocycles. The third-order valence-electron chi connectivity index (χ3n) is 2.21. The van der Waals surface area contributed by atoms with E-state index >= 15 is 0 Å². The summed E-state index contributed by atoms with van der Waals surface area (Å²) >= 11 is 5.91. The van der Waals surface area contributed by atoms with Gasteiger partial charge in [0.2, 0.25) is 5.89 Å². The van der Waals surface area contributed by atoms with E-state index in [-0.39, 0.29) is 0 Å². The molecule has 1 aromatic carbocycles. The van der Waals surface area contributed by atoms with E-state index in [0.717, 1.165) is 11.3 Å². The summed E-state index contributed by atoms with van der Waals surface area (Å²) in [6.07, 6.45) is 0. The highest BCUT2D eigenvalue weighted by Gasteiger charge is 2.03. The number of hydrogen-bond donors (Lipinski definition) is 1. The Labute approximate surface area is 98.6 Å². The van der Waals surface area contributed by atoms with Gasteiger partial charge in [-0.2, -0.15) is 4.98 Å². The normalized spacial score (nSPS) is 10.4. The Morgan fingerprint density at radius 2 is 2.19 bits per heavy atom. The van der Waals surface area contributed by atoms with Crippen molar-refractivity contribution in [3.8, 4) is 0 Å². The lowest BCUT2D eigenvalue weighted by Gasteiger charge is -2.07. The van der Waals surface area contributed by atoms with Crippen molar-refractivity contribution in [1.29, 1.82) is 0 Å². The van der Waals surface area contributed by atoms with Crippen molar-refractivity contribution >= 4 is 17.3 Å². The molecule has 5 heteroatoms. The van der Waals surface area contributed by atoms with E-state index in [1.165, 1.54) is 0 Å². The first-order valence-electron chi connectivity index (χ1n) is 4.94. The number of aryl methyl sites for hydroxylation is 2. The van der Waals surface area contributed by atoms with E-state index in [2.05, 4.69) is 15.5 Å². The smallest absolute Gasteiger partial charge is 0.223 e. The molecule has 84 valence electrons. The number of nitrogens with zero attached hydrogens (tertiary/aromatic N) is 2. The van der Waals surface area contributed by atoms with Crippen LogP contribution in [0.5, 0.6) is 0 Å². The molecule has 0 bridgehead atoms. The molecule has 0 spiro atoms. The third kappa shape index (κ3) is 2.52. The Hall–Kier alpha value is -1.55. The van der Waals surface area contributed by atoms with Crippen LogP contribution in [-0.2, 0) is 6.54 Å². The van der Waals surface area contributed by atoms with Crippen LogP contribution >= 0.6 is 11.6 Å². The second-order valence-corrected chi connectivity index (χ2v) is 3.98. The Balaban J connectivity index is 2.07. The number of benzene rings is 1. The van der Waals surface area contributed by atoms with Crippen molar-refractivity contribution in [3.63, 3.8) is 0 Å². The van der Waals surface area contributed by atoms with Gasteiger partial charge < -0.3 is 9.84 Å². The van der Waals surface area contributed by atoms with Crippen LogP contribution in [0.15, 0.2) is 22.7 Å². The van der Waals surface area contributed by atoms with E-state index in [1.54, 1.807) is 6.92 Å². The van der Waals surface area contributed by atoms with Crippen LogP contribution in [0.1, 0.15) is 17.3 Å². The maximum atomic E-state index is 5.91. The minimum atomic E-state index is 0.526. The minimum absolute atomic E-state index is 0.526. The first kappa shape index (κ1) is 11.0. The number of anilines is 1. The number of aromatic nitrogens is 2. The van der Waals surface area contributed by atoms with Gasteiger partial charge in [0, 0.05) is 17.6 Å². The van der Waals surface area contributed by atoms with Gasteiger partial charge in [-0.25, -0.2) is 0 Å². The maximum absolute atomic E-state index is 5.91. The van der Waals surface area contributed by atoms with Crippen LogP contribution in [0.2, 0.25) is 5.02 Å². The van der Waals surface area contributed by atoms with Crippen LogP contribution in [0.3, 0.4) is 0 Å². The summed E-state index contributed by atoms with van der Waals surface area (Å²) in [4.78, 5) is 4.10. The van der Waals surface area contributed by atoms with Gasteiger partial charge in [0.25, 0.3) is 0 Å². The summed E-state index contributed by atoms with van der Waals surface area (Å²) in [7, 11) is 0. The molecule has 2 rings (SSSR count). The van der Waals surface area contributed by atoms with E-state index in [9.17, 15) is 0 Å². The van der Waals surface area contributed by atoms with Crippen molar-refractivity contribution in [1.82, 2.24) is 10.1 Å². The van der Waals surface area contributed by atoms with Gasteiger partial charge in [0.15, 0.2) is 5.82 Å². The largest absolute Gasteiger partial charge is 0.377 e. The first-order chi connectivity index (χ1) is 7.65. The molecule has 0 atom stereocenters. The van der Waals surface area contributed by atoms with Crippen molar-refractivity contribution in [2.24, 2.45) is 0 Å². The lowest BCUT2D eigenvalue weighted by Crippen LogP contribution is -2.02. The van der Waals surface area contributed by atoms with Crippen molar-refractivity contribution in [2.75, 3.05) is 5.32 Å². The van der Waals surface area contributed by atoms with Crippen molar-refractivity contribution in [2.45, 2.75) is 20.4 Å². The van der Waals surface area contributed by atoms with Crippen LogP contribution in [0, 0.1) is 13.8 Å². The summed E-state index contributed by atoms with van der Waals surface area (Å²) in [6, 6.07) is 5.70. The van der Waals surface area contributed by atoms with Gasteiger partial charge in [0.1, 0.15) is 0 Å². The maximum Gasteiger partial charge on any atom is 0.223 e. The van der Waals surface area contributed by atoms with E-state index in [1.807, 2.05) is 25.1 Å². The molecular formula is C11H12ClN3O. The Morgan fingerprint density at radius 3 is 2.88 bits per heavy atom. The average Bonchev–Trinajstić information content (AvgIpc) is 2.66. The standard InChI is InChI=1S/C11H12ClN3O/c1-7-3-4-9(12)5-10(7)13-6-11-14-8(2)16-15-11/h3-5,13H,6H2,1-2H3. The number of rotatable bonds is 3. The van der Waals surface area contributed by atoms with Crippen LogP contribution < -0.4 is 5.32 Å². The zero-order chi connectivity index (χ0) is 11.5. The number of nitrogens with one attached hydrogen (secondary N) is 1. The quantitative estimate of drug-likeness (QED) is 0.892. The Bertz CT molecular complexity index is 496. The van der Waals surface area contributed by atoms with Gasteiger partial charge >= 0.3 is 0 Å². The Morgan fingerprint density at radius 1 is 1.38 bits per heavy atom. The molecule has 1 heterocycles. The molecule has 0 saturated heterocycles. The topological polar surface area (TPSA) is 51.0 Å². The predicted octanol–water partition coefficient (Wildman–Crippen LogP) is 2.95. The molecule has 1 aromatic heterocycles. The molecule has 0 aliphatic rings. The van der Waals surface area contributed by atoms with Crippen molar-refractivity contribution in [3.05, 3.63) is 40.5 Å². The average molecular weight is 238 g/mol. The Kier molecular flexibility index (Phi) is 3.10. The number of halogens is 1. The first-order valence-corrected chi connectivity index (χ1v) is 5.32. The summed E-state index contributed by atoms with van der Waals surface area (Å²) in [5.74, 6) is 1.21. The van der Waals surface area contributed by atoms with Gasteiger partial charge in [-0.3, -0.25) is 0 Å². The second-order valence-electron chi connectivity index (χ2n) is 3.54. The molecule has 2 aromatic rings. The SMILES string of the molecule is Cc1nc(CNc2cc(Cl)ccc2C)no1. The second kappa shape index (κ2) is 4.53. The van der Waals surface area contributed by atoms with Gasteiger partial charge in [0.05, 0.1) is 6.54 Å². The molecule has 0 fully saturated rings. The molecule has 1 N–H and O–H groups in total. The fraction of sp³-hybridized carbons (Fsp3) is 0.273. The molecule has 4 nitrogen and oxygen atoms in total. The fourth-order valence-corrected chi connectivity index (χ4v) is 1.54. The van der Waals surface area contributed by atoms with Gasteiger partial charge in [-0.05, 0) is 24.6 Å². The summed E-state index contributed by atoms with van der Waals surface area (Å²) in [5, 5.41) is 7.72. The highest BCUT2D eigenvalue weighted by molar-refractivity contribution is 6.30. The van der Waals surface area contributed by atoms with Gasteiger partial charge in [-0.1, -0.05) is 22.8 Å². The zero-order valence-corrected chi connectivity index (χ0v) is 9.88. The van der Waals surface area contributed by atoms with E-state index < -0.39 is 0 Å². The zero-order valence-electron chi connectivity index (χ0n) is 9.12. The lowest BCUT2D eigenvalue weighted by atomic mass is 10.2. The van der Waals surface area contributed by atoms with Crippen molar-refractivity contribution < 1.29 is 4.52 Å². The molecule has 16 heavy (non-hydrogen) atoms. The summed E-state index contributed by atoms with van der Waals surface area (Å²) in [5.41, 5.74) is 2.11. The molecule has 0 unspecified atom stereocenters. The van der Waals surface area contributed by atoms with Crippen LogP contribution in [-0.4, -0.2) is 10.1 Å². The fourth-order valence-electron chi connectivity index (χ4n) is 1.37. The van der Waals surface area contributed by atoms with E-state index in [4.69, 9.17) is 16.1 Å². The lowest BCUT2D eigenvalue weighted by molar-refractivity contribution is 0.388. The number of hydrogen-bond acceptors (Lipinski definition) is 4. The molecule has 0 amide bonds. The third-order valence-corrected chi connectivity index (χ3v) is 2.44. The predicted molar refractivity (Wildman–Crippen MR) is 62.6 cm³/mol. The monoisotopic (exact) mass is 237 g/mol. The van der Waals surface area contributed by atoms with E-state index in [0.29, 0.717) is 23.3 Å². The summed E-state index contributed by atoms with van der Waals surface area (Å²) < 4.78 is 4.88. The highest BCUT2D eigenvalue weighted by atomic mass is 35.5. The molecular weight excluding hydrogens is 226 g/mol.